The van der Waals surface area contributed by atoms with Crippen LogP contribution in [0.3, 0.4) is 0 Å². The molecule has 0 atom stereocenters. The van der Waals surface area contributed by atoms with Gasteiger partial charge in [0.05, 0.1) is 0 Å². The Bertz CT molecular complexity index is 510. The molecule has 1 aromatic carbocycles. The smallest absolute Gasteiger partial charge is 0.202 e. The number of rotatable bonds is 5. The van der Waals surface area contributed by atoms with Gasteiger partial charge in [-0.3, -0.25) is 0 Å². The van der Waals surface area contributed by atoms with Crippen molar-refractivity contribution in [3.63, 3.8) is 0 Å². The molecule has 0 aliphatic rings. The summed E-state index contributed by atoms with van der Waals surface area (Å²) >= 11 is 1.35. The van der Waals surface area contributed by atoms with Crippen molar-refractivity contribution >= 4 is 16.7 Å². The molecule has 96 valence electrons. The van der Waals surface area contributed by atoms with E-state index in [4.69, 9.17) is 0 Å². The third-order valence-electron chi connectivity index (χ3n) is 2.59. The Kier molecular flexibility index (Phi) is 4.25. The van der Waals surface area contributed by atoms with Crippen molar-refractivity contribution in [2.75, 3.05) is 11.9 Å². The van der Waals surface area contributed by atoms with Crippen molar-refractivity contribution in [3.05, 3.63) is 41.5 Å². The predicted molar refractivity (Wildman–Crippen MR) is 72.6 cm³/mol. The molecule has 0 saturated heterocycles. The molecule has 0 aliphatic carbocycles. The molecule has 0 aliphatic heterocycles. The highest BCUT2D eigenvalue weighted by atomic mass is 32.1. The van der Waals surface area contributed by atoms with Gasteiger partial charge in [-0.15, -0.1) is 0 Å². The maximum absolute atomic E-state index is 13.4. The number of anilines is 1. The normalized spacial score (nSPS) is 10.9. The van der Waals surface area contributed by atoms with Crippen molar-refractivity contribution in [1.29, 1.82) is 0 Å². The van der Waals surface area contributed by atoms with Gasteiger partial charge in [-0.05, 0) is 18.1 Å². The van der Waals surface area contributed by atoms with Crippen LogP contribution in [0.4, 0.5) is 9.52 Å². The van der Waals surface area contributed by atoms with E-state index in [1.807, 2.05) is 6.07 Å². The molecule has 0 fully saturated rings. The van der Waals surface area contributed by atoms with E-state index in [0.29, 0.717) is 18.9 Å². The first-order valence-corrected chi connectivity index (χ1v) is 6.75. The lowest BCUT2D eigenvalue weighted by molar-refractivity contribution is 0.610. The zero-order valence-corrected chi connectivity index (χ0v) is 11.3. The zero-order chi connectivity index (χ0) is 13.0. The third kappa shape index (κ3) is 3.26. The Morgan fingerprint density at radius 3 is 2.78 bits per heavy atom. The molecule has 2 rings (SSSR count). The minimum absolute atomic E-state index is 0.153. The lowest BCUT2D eigenvalue weighted by atomic mass is 10.1. The van der Waals surface area contributed by atoms with Gasteiger partial charge in [0.25, 0.3) is 0 Å². The molecule has 0 spiro atoms. The molecule has 1 heterocycles. The molecule has 1 N–H and O–H groups in total. The third-order valence-corrected chi connectivity index (χ3v) is 3.27. The van der Waals surface area contributed by atoms with E-state index in [1.54, 1.807) is 12.1 Å². The molecule has 0 amide bonds. The summed E-state index contributed by atoms with van der Waals surface area (Å²) in [5.74, 6) is 1.04. The molecular formula is C13H16FN3S. The van der Waals surface area contributed by atoms with E-state index in [-0.39, 0.29) is 5.82 Å². The Hall–Kier alpha value is -1.49. The van der Waals surface area contributed by atoms with Crippen LogP contribution in [0.1, 0.15) is 31.2 Å². The molecule has 2 aromatic rings. The topological polar surface area (TPSA) is 37.8 Å². The van der Waals surface area contributed by atoms with Crippen LogP contribution in [0.2, 0.25) is 0 Å². The highest BCUT2D eigenvalue weighted by molar-refractivity contribution is 7.09. The van der Waals surface area contributed by atoms with Crippen LogP contribution in [0.25, 0.3) is 0 Å². The molecule has 3 nitrogen and oxygen atoms in total. The summed E-state index contributed by atoms with van der Waals surface area (Å²) in [6.07, 6.45) is 0.642. The summed E-state index contributed by atoms with van der Waals surface area (Å²) < 4.78 is 17.6. The quantitative estimate of drug-likeness (QED) is 0.899. The van der Waals surface area contributed by atoms with Crippen molar-refractivity contribution < 1.29 is 4.39 Å². The van der Waals surface area contributed by atoms with Crippen molar-refractivity contribution in [2.24, 2.45) is 0 Å². The van der Waals surface area contributed by atoms with Gasteiger partial charge >= 0.3 is 0 Å². The minimum Gasteiger partial charge on any atom is -0.360 e. The van der Waals surface area contributed by atoms with Gasteiger partial charge in [0.1, 0.15) is 11.6 Å². The van der Waals surface area contributed by atoms with Gasteiger partial charge in [-0.1, -0.05) is 32.0 Å². The van der Waals surface area contributed by atoms with Gasteiger partial charge in [0.15, 0.2) is 0 Å². The predicted octanol–water partition coefficient (Wildman–Crippen LogP) is 3.46. The van der Waals surface area contributed by atoms with Crippen LogP contribution in [0.5, 0.6) is 0 Å². The highest BCUT2D eigenvalue weighted by Crippen LogP contribution is 2.17. The second-order valence-corrected chi connectivity index (χ2v) is 5.13. The largest absolute Gasteiger partial charge is 0.360 e. The van der Waals surface area contributed by atoms with Crippen LogP contribution in [-0.2, 0) is 6.42 Å². The first kappa shape index (κ1) is 13.0. The minimum atomic E-state index is -0.153. The van der Waals surface area contributed by atoms with Crippen molar-refractivity contribution in [2.45, 2.75) is 26.2 Å². The Labute approximate surface area is 110 Å². The van der Waals surface area contributed by atoms with Crippen molar-refractivity contribution in [3.8, 4) is 0 Å². The summed E-state index contributed by atoms with van der Waals surface area (Å²) in [6, 6.07) is 6.83. The maximum Gasteiger partial charge on any atom is 0.202 e. The molecule has 0 bridgehead atoms. The lowest BCUT2D eigenvalue weighted by Gasteiger charge is -2.03. The van der Waals surface area contributed by atoms with E-state index in [0.717, 1.165) is 16.5 Å². The van der Waals surface area contributed by atoms with Crippen molar-refractivity contribution in [1.82, 2.24) is 9.36 Å². The molecule has 0 unspecified atom stereocenters. The number of hydrogen-bond acceptors (Lipinski definition) is 4. The average Bonchev–Trinajstić information content (AvgIpc) is 2.80. The first-order chi connectivity index (χ1) is 8.66. The summed E-state index contributed by atoms with van der Waals surface area (Å²) in [4.78, 5) is 4.37. The lowest BCUT2D eigenvalue weighted by Crippen LogP contribution is -2.06. The maximum atomic E-state index is 13.4. The second-order valence-electron chi connectivity index (χ2n) is 4.38. The Morgan fingerprint density at radius 1 is 1.33 bits per heavy atom. The van der Waals surface area contributed by atoms with E-state index >= 15 is 0 Å². The standard InChI is InChI=1S/C13H16FN3S/c1-9(2)12-16-13(18-17-12)15-8-7-10-5-3-4-6-11(10)14/h3-6,9H,7-8H2,1-2H3,(H,15,16,17). The number of benzene rings is 1. The van der Waals surface area contributed by atoms with Crippen LogP contribution in [-0.4, -0.2) is 15.9 Å². The van der Waals surface area contributed by atoms with Gasteiger partial charge < -0.3 is 5.32 Å². The molecular weight excluding hydrogens is 249 g/mol. The van der Waals surface area contributed by atoms with Gasteiger partial charge in [-0.25, -0.2) is 9.37 Å². The summed E-state index contributed by atoms with van der Waals surface area (Å²) in [5, 5.41) is 3.97. The Balaban J connectivity index is 1.87. The summed E-state index contributed by atoms with van der Waals surface area (Å²) in [7, 11) is 0. The number of nitrogens with zero attached hydrogens (tertiary/aromatic N) is 2. The SMILES string of the molecule is CC(C)c1nsc(NCCc2ccccc2F)n1. The van der Waals surface area contributed by atoms with E-state index in [2.05, 4.69) is 28.5 Å². The number of aromatic nitrogens is 2. The zero-order valence-electron chi connectivity index (χ0n) is 10.5. The van der Waals surface area contributed by atoms with Gasteiger partial charge in [-0.2, -0.15) is 4.37 Å². The van der Waals surface area contributed by atoms with Crippen LogP contribution >= 0.6 is 11.5 Å². The first-order valence-electron chi connectivity index (χ1n) is 5.97. The van der Waals surface area contributed by atoms with Crippen LogP contribution in [0, 0.1) is 5.82 Å². The fourth-order valence-corrected chi connectivity index (χ4v) is 2.28. The highest BCUT2D eigenvalue weighted by Gasteiger charge is 2.07. The molecule has 5 heteroatoms. The Morgan fingerprint density at radius 2 is 2.11 bits per heavy atom. The fourth-order valence-electron chi connectivity index (χ4n) is 1.55. The number of halogens is 1. The molecule has 18 heavy (non-hydrogen) atoms. The summed E-state index contributed by atoms with van der Waals surface area (Å²) in [6.45, 7) is 4.78. The second kappa shape index (κ2) is 5.91. The van der Waals surface area contributed by atoms with E-state index < -0.39 is 0 Å². The van der Waals surface area contributed by atoms with Crippen LogP contribution in [0.15, 0.2) is 24.3 Å². The summed E-state index contributed by atoms with van der Waals surface area (Å²) in [5.41, 5.74) is 0.721. The average molecular weight is 265 g/mol. The monoisotopic (exact) mass is 265 g/mol. The molecule has 0 radical (unpaired) electrons. The fraction of sp³-hybridized carbons (Fsp3) is 0.385. The van der Waals surface area contributed by atoms with Gasteiger partial charge in [0, 0.05) is 24.0 Å². The molecule has 0 saturated carbocycles. The van der Waals surface area contributed by atoms with E-state index in [9.17, 15) is 4.39 Å². The van der Waals surface area contributed by atoms with Crippen LogP contribution < -0.4 is 5.32 Å². The molecule has 1 aromatic heterocycles. The number of nitrogens with one attached hydrogen (secondary N) is 1. The van der Waals surface area contributed by atoms with Gasteiger partial charge in [0.2, 0.25) is 5.13 Å². The van der Waals surface area contributed by atoms with E-state index in [1.165, 1.54) is 17.6 Å². The number of hydrogen-bond donors (Lipinski definition) is 1.